The lowest BCUT2D eigenvalue weighted by Crippen LogP contribution is -2.16. The number of hydrogen-bond acceptors (Lipinski definition) is 3. The third kappa shape index (κ3) is 1.61. The Balaban J connectivity index is 3.41. The minimum Gasteiger partial charge on any atom is -0.506 e. The second-order valence-electron chi connectivity index (χ2n) is 2.38. The van der Waals surface area contributed by atoms with Crippen LogP contribution in [0.2, 0.25) is 0 Å². The topological polar surface area (TPSA) is 76.2 Å². The number of hydrogen-bond donors (Lipinski definition) is 2. The summed E-state index contributed by atoms with van der Waals surface area (Å²) >= 11 is 0. The van der Waals surface area contributed by atoms with Crippen LogP contribution in [0.25, 0.3) is 0 Å². The largest absolute Gasteiger partial charge is 0.506 e. The molecule has 0 radical (unpaired) electrons. The molecule has 0 aliphatic carbocycles. The van der Waals surface area contributed by atoms with Crippen molar-refractivity contribution in [3.05, 3.63) is 23.3 Å². The monoisotopic (exact) mass is 206 g/mol. The Morgan fingerprint density at radius 2 is 2.14 bits per heavy atom. The van der Waals surface area contributed by atoms with Crippen LogP contribution in [-0.4, -0.2) is 16.0 Å². The van der Waals surface area contributed by atoms with Crippen molar-refractivity contribution in [2.75, 3.05) is 0 Å². The molecule has 0 atom stereocenters. The number of amides is 1. The molecule has 0 aliphatic heterocycles. The summed E-state index contributed by atoms with van der Waals surface area (Å²) in [5.41, 5.74) is 2.48. The second kappa shape index (κ2) is 3.52. The van der Waals surface area contributed by atoms with E-state index in [1.807, 2.05) is 0 Å². The zero-order chi connectivity index (χ0) is 10.9. The van der Waals surface area contributed by atoms with E-state index in [0.29, 0.717) is 6.20 Å². The highest BCUT2D eigenvalue weighted by molar-refractivity contribution is 5.91. The van der Waals surface area contributed by atoms with Crippen molar-refractivity contribution in [2.24, 2.45) is 5.73 Å². The molecule has 0 saturated carbocycles. The van der Waals surface area contributed by atoms with Gasteiger partial charge in [-0.25, -0.2) is 18.2 Å². The summed E-state index contributed by atoms with van der Waals surface area (Å²) in [6, 6.07) is 0. The van der Waals surface area contributed by atoms with Crippen LogP contribution < -0.4 is 5.73 Å². The Labute approximate surface area is 76.2 Å². The zero-order valence-electron chi connectivity index (χ0n) is 6.67. The number of aromatic nitrogens is 1. The number of carbonyl (C=O) groups excluding carboxylic acids is 1. The maximum absolute atomic E-state index is 13.0. The number of nitrogens with two attached hydrogens (primary N) is 1. The first-order chi connectivity index (χ1) is 6.45. The number of primary amides is 1. The lowest BCUT2D eigenvalue weighted by Gasteiger charge is -2.06. The summed E-state index contributed by atoms with van der Waals surface area (Å²) in [5, 5.41) is 8.83. The number of carbonyl (C=O) groups is 1. The molecule has 1 aromatic heterocycles. The average Bonchev–Trinajstić information content (AvgIpc) is 2.02. The zero-order valence-corrected chi connectivity index (χ0v) is 6.67. The molecule has 0 fully saturated rings. The first-order valence-corrected chi connectivity index (χ1v) is 3.40. The van der Waals surface area contributed by atoms with Crippen molar-refractivity contribution < 1.29 is 23.1 Å². The quantitative estimate of drug-likeness (QED) is 0.756. The lowest BCUT2D eigenvalue weighted by molar-refractivity contribution is 0.0988. The molecule has 1 amide bonds. The van der Waals surface area contributed by atoms with Crippen molar-refractivity contribution in [2.45, 2.75) is 6.43 Å². The van der Waals surface area contributed by atoms with Gasteiger partial charge in [0, 0.05) is 0 Å². The molecule has 76 valence electrons. The normalized spacial score (nSPS) is 10.6. The van der Waals surface area contributed by atoms with Gasteiger partial charge in [0.25, 0.3) is 12.3 Å². The predicted molar refractivity (Wildman–Crippen MR) is 39.3 cm³/mol. The van der Waals surface area contributed by atoms with Crippen LogP contribution in [0.15, 0.2) is 6.20 Å². The van der Waals surface area contributed by atoms with Crippen molar-refractivity contribution in [3.8, 4) is 5.75 Å². The predicted octanol–water partition coefficient (Wildman–Crippen LogP) is 0.963. The summed E-state index contributed by atoms with van der Waals surface area (Å²) in [4.78, 5) is 13.6. The second-order valence-corrected chi connectivity index (χ2v) is 2.38. The van der Waals surface area contributed by atoms with Crippen molar-refractivity contribution >= 4 is 5.91 Å². The SMILES string of the molecule is NC(=O)c1ncc(O)c(C(F)F)c1F. The maximum atomic E-state index is 13.0. The van der Waals surface area contributed by atoms with Crippen LogP contribution in [0.4, 0.5) is 13.2 Å². The number of pyridine rings is 1. The number of rotatable bonds is 2. The van der Waals surface area contributed by atoms with Gasteiger partial charge in [-0.1, -0.05) is 0 Å². The fourth-order valence-electron chi connectivity index (χ4n) is 0.871. The molecule has 0 unspecified atom stereocenters. The van der Waals surface area contributed by atoms with E-state index >= 15 is 0 Å². The lowest BCUT2D eigenvalue weighted by atomic mass is 10.2. The van der Waals surface area contributed by atoms with E-state index in [2.05, 4.69) is 10.7 Å². The highest BCUT2D eigenvalue weighted by atomic mass is 19.3. The van der Waals surface area contributed by atoms with Crippen LogP contribution in [-0.2, 0) is 0 Å². The smallest absolute Gasteiger partial charge is 0.270 e. The molecule has 1 rings (SSSR count). The van der Waals surface area contributed by atoms with E-state index in [1.165, 1.54) is 0 Å². The van der Waals surface area contributed by atoms with Gasteiger partial charge in [0.15, 0.2) is 11.5 Å². The van der Waals surface area contributed by atoms with Crippen LogP contribution in [0.1, 0.15) is 22.5 Å². The Kier molecular flexibility index (Phi) is 2.59. The first-order valence-electron chi connectivity index (χ1n) is 3.40. The van der Waals surface area contributed by atoms with Crippen molar-refractivity contribution in [1.29, 1.82) is 0 Å². The minimum atomic E-state index is -3.24. The van der Waals surface area contributed by atoms with Crippen LogP contribution in [0.5, 0.6) is 5.75 Å². The summed E-state index contributed by atoms with van der Waals surface area (Å²) < 4.78 is 37.3. The first kappa shape index (κ1) is 10.3. The molecule has 0 bridgehead atoms. The highest BCUT2D eigenvalue weighted by Gasteiger charge is 2.24. The third-order valence-corrected chi connectivity index (χ3v) is 1.49. The molecule has 1 heterocycles. The van der Waals surface area contributed by atoms with E-state index in [-0.39, 0.29) is 0 Å². The van der Waals surface area contributed by atoms with E-state index in [0.717, 1.165) is 0 Å². The Bertz CT molecular complexity index is 381. The van der Waals surface area contributed by atoms with Crippen LogP contribution >= 0.6 is 0 Å². The molecular formula is C7H5F3N2O2. The van der Waals surface area contributed by atoms with Gasteiger partial charge in [-0.15, -0.1) is 0 Å². The number of aromatic hydroxyl groups is 1. The average molecular weight is 206 g/mol. The summed E-state index contributed by atoms with van der Waals surface area (Å²) in [5.74, 6) is -3.88. The molecule has 1 aromatic rings. The highest BCUT2D eigenvalue weighted by Crippen LogP contribution is 2.30. The van der Waals surface area contributed by atoms with Crippen LogP contribution in [0.3, 0.4) is 0 Å². The molecule has 0 aromatic carbocycles. The maximum Gasteiger partial charge on any atom is 0.270 e. The molecule has 7 heteroatoms. The molecule has 3 N–H and O–H groups in total. The molecule has 4 nitrogen and oxygen atoms in total. The molecule has 14 heavy (non-hydrogen) atoms. The van der Waals surface area contributed by atoms with Gasteiger partial charge in [-0.2, -0.15) is 0 Å². The number of halogens is 3. The summed E-state index contributed by atoms with van der Waals surface area (Å²) in [7, 11) is 0. The van der Waals surface area contributed by atoms with Gasteiger partial charge >= 0.3 is 0 Å². The van der Waals surface area contributed by atoms with E-state index in [9.17, 15) is 18.0 Å². The summed E-state index contributed by atoms with van der Waals surface area (Å²) in [6.45, 7) is 0. The minimum absolute atomic E-state index is 0.546. The standard InChI is InChI=1S/C7H5F3N2O2/c8-4-3(6(9)10)2(13)1-12-5(4)7(11)14/h1,6,13H,(H2,11,14). The fraction of sp³-hybridized carbons (Fsp3) is 0.143. The van der Waals surface area contributed by atoms with Gasteiger partial charge in [0.05, 0.1) is 11.8 Å². The molecule has 0 aliphatic rings. The molecular weight excluding hydrogens is 201 g/mol. The summed E-state index contributed by atoms with van der Waals surface area (Å²) in [6.07, 6.45) is -2.69. The molecule has 0 spiro atoms. The van der Waals surface area contributed by atoms with Gasteiger partial charge < -0.3 is 10.8 Å². The van der Waals surface area contributed by atoms with E-state index in [1.54, 1.807) is 0 Å². The van der Waals surface area contributed by atoms with Gasteiger partial charge in [0.1, 0.15) is 5.75 Å². The van der Waals surface area contributed by atoms with Crippen LogP contribution in [0, 0.1) is 5.82 Å². The van der Waals surface area contributed by atoms with Gasteiger partial charge in [0.2, 0.25) is 0 Å². The molecule has 0 saturated heterocycles. The number of alkyl halides is 2. The Morgan fingerprint density at radius 3 is 2.57 bits per heavy atom. The Morgan fingerprint density at radius 1 is 1.57 bits per heavy atom. The Hall–Kier alpha value is -1.79. The van der Waals surface area contributed by atoms with E-state index in [4.69, 9.17) is 5.11 Å². The third-order valence-electron chi connectivity index (χ3n) is 1.49. The van der Waals surface area contributed by atoms with Gasteiger partial charge in [-0.05, 0) is 0 Å². The van der Waals surface area contributed by atoms with Crippen molar-refractivity contribution in [3.63, 3.8) is 0 Å². The number of nitrogens with zero attached hydrogens (tertiary/aromatic N) is 1. The van der Waals surface area contributed by atoms with Gasteiger partial charge in [-0.3, -0.25) is 4.79 Å². The fourth-order valence-corrected chi connectivity index (χ4v) is 0.871. The van der Waals surface area contributed by atoms with Crippen molar-refractivity contribution in [1.82, 2.24) is 4.98 Å². The van der Waals surface area contributed by atoms with E-state index < -0.39 is 35.2 Å².